The molecule has 0 aliphatic rings. The number of aromatic nitrogens is 2. The molecule has 17 heavy (non-hydrogen) atoms. The van der Waals surface area contributed by atoms with E-state index in [0.29, 0.717) is 5.76 Å². The number of rotatable bonds is 4. The molecular weight excluding hydrogens is 249 g/mol. The van der Waals surface area contributed by atoms with E-state index in [1.165, 1.54) is 24.5 Å². The molecule has 0 unspecified atom stereocenters. The molecule has 2 aromatic heterocycles. The first-order valence-electron chi connectivity index (χ1n) is 4.59. The number of nitrogens with zero attached hydrogens (tertiary/aromatic N) is 2. The molecule has 90 valence electrons. The summed E-state index contributed by atoms with van der Waals surface area (Å²) in [4.78, 5) is 3.48. The lowest BCUT2D eigenvalue weighted by molar-refractivity contribution is 0.380. The summed E-state index contributed by atoms with van der Waals surface area (Å²) in [6.45, 7) is -0.113. The van der Waals surface area contributed by atoms with Crippen molar-refractivity contribution in [3.05, 3.63) is 42.2 Å². The minimum Gasteiger partial charge on any atom is -0.360 e. The van der Waals surface area contributed by atoms with Crippen molar-refractivity contribution in [2.75, 3.05) is 0 Å². The summed E-state index contributed by atoms with van der Waals surface area (Å²) in [6, 6.07) is 3.83. The van der Waals surface area contributed by atoms with Crippen LogP contribution in [0.3, 0.4) is 0 Å². The van der Waals surface area contributed by atoms with Gasteiger partial charge in [-0.05, 0) is 12.1 Å². The Labute approximate surface area is 96.5 Å². The third kappa shape index (κ3) is 2.66. The Hall–Kier alpha value is -1.80. The normalized spacial score (nSPS) is 11.6. The van der Waals surface area contributed by atoms with Gasteiger partial charge in [0.2, 0.25) is 5.03 Å². The second kappa shape index (κ2) is 4.60. The molecule has 0 radical (unpaired) electrons. The second-order valence-electron chi connectivity index (χ2n) is 3.09. The number of nitrogens with one attached hydrogen (secondary N) is 1. The largest absolute Gasteiger partial charge is 0.360 e. The third-order valence-electron chi connectivity index (χ3n) is 1.91. The first-order valence-corrected chi connectivity index (χ1v) is 6.07. The van der Waals surface area contributed by atoms with E-state index in [0.717, 1.165) is 6.07 Å². The maximum Gasteiger partial charge on any atom is 0.261 e. The van der Waals surface area contributed by atoms with Gasteiger partial charge in [0.05, 0.1) is 12.7 Å². The molecule has 0 amide bonds. The van der Waals surface area contributed by atoms with Crippen LogP contribution in [0.5, 0.6) is 0 Å². The highest BCUT2D eigenvalue weighted by Crippen LogP contribution is 2.10. The molecule has 1 N–H and O–H groups in total. The van der Waals surface area contributed by atoms with Gasteiger partial charge in [-0.25, -0.2) is 22.5 Å². The lowest BCUT2D eigenvalue weighted by Gasteiger charge is -2.04. The molecule has 0 spiro atoms. The van der Waals surface area contributed by atoms with Crippen LogP contribution < -0.4 is 4.72 Å². The van der Waals surface area contributed by atoms with Gasteiger partial charge in [0.1, 0.15) is 0 Å². The number of sulfonamides is 1. The summed E-state index contributed by atoms with van der Waals surface area (Å²) in [7, 11) is -3.99. The van der Waals surface area contributed by atoms with Crippen molar-refractivity contribution in [2.45, 2.75) is 11.6 Å². The summed E-state index contributed by atoms with van der Waals surface area (Å²) < 4.78 is 43.4. The molecule has 0 fully saturated rings. The van der Waals surface area contributed by atoms with E-state index >= 15 is 0 Å². The fourth-order valence-electron chi connectivity index (χ4n) is 1.14. The van der Waals surface area contributed by atoms with Crippen molar-refractivity contribution in [3.8, 4) is 0 Å². The van der Waals surface area contributed by atoms with E-state index in [2.05, 4.69) is 14.9 Å². The van der Waals surface area contributed by atoms with E-state index in [1.807, 2.05) is 0 Å². The summed E-state index contributed by atoms with van der Waals surface area (Å²) >= 11 is 0. The highest BCUT2D eigenvalue weighted by molar-refractivity contribution is 7.89. The summed E-state index contributed by atoms with van der Waals surface area (Å²) in [6.07, 6.45) is 2.58. The third-order valence-corrected chi connectivity index (χ3v) is 3.24. The van der Waals surface area contributed by atoms with Crippen LogP contribution in [0, 0.1) is 5.82 Å². The van der Waals surface area contributed by atoms with E-state index in [-0.39, 0.29) is 6.54 Å². The first-order chi connectivity index (χ1) is 8.09. The van der Waals surface area contributed by atoms with E-state index < -0.39 is 20.9 Å². The van der Waals surface area contributed by atoms with Crippen LogP contribution in [0.1, 0.15) is 5.76 Å². The summed E-state index contributed by atoms with van der Waals surface area (Å²) in [5, 5.41) is 2.77. The number of pyridine rings is 1. The van der Waals surface area contributed by atoms with Crippen LogP contribution >= 0.6 is 0 Å². The van der Waals surface area contributed by atoms with Gasteiger partial charge in [-0.15, -0.1) is 0 Å². The fourth-order valence-corrected chi connectivity index (χ4v) is 2.13. The lowest BCUT2D eigenvalue weighted by atomic mass is 10.5. The Bertz CT molecular complexity index is 598. The van der Waals surface area contributed by atoms with Crippen molar-refractivity contribution < 1.29 is 17.3 Å². The fraction of sp³-hybridized carbons (Fsp3) is 0.111. The second-order valence-corrected chi connectivity index (χ2v) is 4.78. The first kappa shape index (κ1) is 11.7. The zero-order valence-electron chi connectivity index (χ0n) is 8.50. The molecule has 0 saturated carbocycles. The molecule has 6 nitrogen and oxygen atoms in total. The predicted molar refractivity (Wildman–Crippen MR) is 54.7 cm³/mol. The minimum atomic E-state index is -3.99. The molecule has 2 heterocycles. The van der Waals surface area contributed by atoms with Gasteiger partial charge >= 0.3 is 0 Å². The summed E-state index contributed by atoms with van der Waals surface area (Å²) in [5.41, 5.74) is 0. The van der Waals surface area contributed by atoms with Gasteiger partial charge in [0.25, 0.3) is 10.0 Å². The van der Waals surface area contributed by atoms with Crippen LogP contribution in [0.2, 0.25) is 0 Å². The maximum absolute atomic E-state index is 13.2. The van der Waals surface area contributed by atoms with Crippen molar-refractivity contribution in [1.82, 2.24) is 14.9 Å². The van der Waals surface area contributed by atoms with Crippen molar-refractivity contribution in [3.63, 3.8) is 0 Å². The number of hydrogen-bond donors (Lipinski definition) is 1. The summed E-state index contributed by atoms with van der Waals surface area (Å²) in [5.74, 6) is -0.581. The van der Waals surface area contributed by atoms with Crippen LogP contribution in [0.4, 0.5) is 4.39 Å². The molecular formula is C9H8FN3O3S. The molecule has 0 bridgehead atoms. The van der Waals surface area contributed by atoms with E-state index in [4.69, 9.17) is 4.52 Å². The van der Waals surface area contributed by atoms with E-state index in [9.17, 15) is 12.8 Å². The Balaban J connectivity index is 2.17. The molecule has 0 aliphatic carbocycles. The smallest absolute Gasteiger partial charge is 0.261 e. The number of hydrogen-bond acceptors (Lipinski definition) is 5. The zero-order valence-corrected chi connectivity index (χ0v) is 9.32. The van der Waals surface area contributed by atoms with Gasteiger partial charge < -0.3 is 4.52 Å². The Kier molecular flexibility index (Phi) is 3.16. The highest BCUT2D eigenvalue weighted by atomic mass is 32.2. The van der Waals surface area contributed by atoms with Crippen LogP contribution in [0.15, 0.2) is 40.1 Å². The van der Waals surface area contributed by atoms with Crippen LogP contribution in [-0.4, -0.2) is 18.6 Å². The zero-order chi connectivity index (χ0) is 12.3. The molecule has 0 saturated heterocycles. The molecule has 0 atom stereocenters. The standard InChI is InChI=1S/C9H8FN3O3S/c10-8-2-1-4-11-9(8)17(14,15)13-6-7-3-5-12-16-7/h1-5,13H,6H2. The number of halogens is 1. The van der Waals surface area contributed by atoms with Crippen molar-refractivity contribution in [2.24, 2.45) is 0 Å². The Morgan fingerprint density at radius 3 is 2.82 bits per heavy atom. The topological polar surface area (TPSA) is 85.1 Å². The SMILES string of the molecule is O=S(=O)(NCc1ccno1)c1ncccc1F. The molecule has 0 aliphatic heterocycles. The maximum atomic E-state index is 13.2. The average molecular weight is 257 g/mol. The minimum absolute atomic E-state index is 0.113. The Morgan fingerprint density at radius 1 is 1.35 bits per heavy atom. The van der Waals surface area contributed by atoms with Crippen LogP contribution in [-0.2, 0) is 16.6 Å². The van der Waals surface area contributed by atoms with Gasteiger partial charge in [0, 0.05) is 12.3 Å². The van der Waals surface area contributed by atoms with Gasteiger partial charge in [-0.1, -0.05) is 5.16 Å². The predicted octanol–water partition coefficient (Wildman–Crippen LogP) is 0.687. The molecule has 8 heteroatoms. The van der Waals surface area contributed by atoms with Crippen LogP contribution in [0.25, 0.3) is 0 Å². The van der Waals surface area contributed by atoms with Gasteiger partial charge in [-0.2, -0.15) is 0 Å². The van der Waals surface area contributed by atoms with E-state index in [1.54, 1.807) is 0 Å². The molecule has 0 aromatic carbocycles. The average Bonchev–Trinajstić information content (AvgIpc) is 2.80. The molecule has 2 aromatic rings. The molecule has 2 rings (SSSR count). The quantitative estimate of drug-likeness (QED) is 0.870. The monoisotopic (exact) mass is 257 g/mol. The van der Waals surface area contributed by atoms with Crippen molar-refractivity contribution >= 4 is 10.0 Å². The van der Waals surface area contributed by atoms with Gasteiger partial charge in [-0.3, -0.25) is 0 Å². The van der Waals surface area contributed by atoms with Gasteiger partial charge in [0.15, 0.2) is 11.6 Å². The highest BCUT2D eigenvalue weighted by Gasteiger charge is 2.20. The Morgan fingerprint density at radius 2 is 2.18 bits per heavy atom. The van der Waals surface area contributed by atoms with Crippen molar-refractivity contribution in [1.29, 1.82) is 0 Å². The lowest BCUT2D eigenvalue weighted by Crippen LogP contribution is -2.25.